The molecule has 0 saturated carbocycles. The Morgan fingerprint density at radius 1 is 0.846 bits per heavy atom. The zero-order valence-electron chi connectivity index (χ0n) is 14.7. The van der Waals surface area contributed by atoms with Crippen molar-refractivity contribution in [2.45, 2.75) is 13.2 Å². The third-order valence-corrected chi connectivity index (χ3v) is 5.09. The van der Waals surface area contributed by atoms with Gasteiger partial charge in [0.1, 0.15) is 0 Å². The lowest BCUT2D eigenvalue weighted by Gasteiger charge is -2.34. The van der Waals surface area contributed by atoms with Crippen LogP contribution in [0.4, 0.5) is 0 Å². The van der Waals surface area contributed by atoms with Crippen molar-refractivity contribution < 1.29 is 0 Å². The highest BCUT2D eigenvalue weighted by Crippen LogP contribution is 2.14. The van der Waals surface area contributed by atoms with E-state index in [9.17, 15) is 0 Å². The number of aromatic nitrogens is 3. The number of piperazine rings is 1. The molecule has 0 bridgehead atoms. The molecule has 0 radical (unpaired) electrons. The van der Waals surface area contributed by atoms with Gasteiger partial charge in [0.25, 0.3) is 0 Å². The third kappa shape index (κ3) is 4.09. The Morgan fingerprint density at radius 2 is 1.46 bits per heavy atom. The van der Waals surface area contributed by atoms with Crippen molar-refractivity contribution in [2.24, 2.45) is 0 Å². The quantitative estimate of drug-likeness (QED) is 0.704. The molecule has 134 valence electrons. The summed E-state index contributed by atoms with van der Waals surface area (Å²) in [7, 11) is 0. The van der Waals surface area contributed by atoms with Gasteiger partial charge in [-0.25, -0.2) is 4.68 Å². The Kier molecular flexibility index (Phi) is 5.24. The molecule has 1 aromatic heterocycles. The van der Waals surface area contributed by atoms with Crippen molar-refractivity contribution in [3.8, 4) is 11.4 Å². The van der Waals surface area contributed by atoms with E-state index in [4.69, 9.17) is 12.2 Å². The molecule has 5 nitrogen and oxygen atoms in total. The molecule has 0 aliphatic carbocycles. The molecule has 1 fully saturated rings. The third-order valence-electron chi connectivity index (χ3n) is 4.78. The van der Waals surface area contributed by atoms with Crippen molar-refractivity contribution in [3.05, 3.63) is 71.0 Å². The predicted octanol–water partition coefficient (Wildman–Crippen LogP) is 3.38. The molecule has 1 saturated heterocycles. The van der Waals surface area contributed by atoms with Gasteiger partial charge in [0.2, 0.25) is 4.77 Å². The van der Waals surface area contributed by atoms with Crippen LogP contribution in [0.1, 0.15) is 5.56 Å². The Bertz CT molecular complexity index is 879. The fourth-order valence-electron chi connectivity index (χ4n) is 3.31. The fourth-order valence-corrected chi connectivity index (χ4v) is 3.50. The van der Waals surface area contributed by atoms with E-state index in [0.717, 1.165) is 50.8 Å². The Balaban J connectivity index is 1.35. The Morgan fingerprint density at radius 3 is 2.15 bits per heavy atom. The molecule has 1 aliphatic rings. The number of aromatic amines is 1. The van der Waals surface area contributed by atoms with Crippen LogP contribution in [0.25, 0.3) is 11.4 Å². The molecule has 26 heavy (non-hydrogen) atoms. The van der Waals surface area contributed by atoms with E-state index < -0.39 is 0 Å². The minimum Gasteiger partial charge on any atom is -0.297 e. The van der Waals surface area contributed by atoms with E-state index in [1.165, 1.54) is 5.56 Å². The highest BCUT2D eigenvalue weighted by Gasteiger charge is 2.18. The summed E-state index contributed by atoms with van der Waals surface area (Å²) in [4.78, 5) is 9.43. The summed E-state index contributed by atoms with van der Waals surface area (Å²) in [5.41, 5.74) is 2.44. The van der Waals surface area contributed by atoms with Crippen LogP contribution in [0.5, 0.6) is 0 Å². The SMILES string of the molecule is S=c1nc(-c2ccccc2)[nH]n1CN1CCN(Cc2ccccc2)CC1. The Labute approximate surface area is 158 Å². The van der Waals surface area contributed by atoms with Gasteiger partial charge in [-0.05, 0) is 17.8 Å². The second kappa shape index (κ2) is 7.95. The molecule has 4 rings (SSSR count). The van der Waals surface area contributed by atoms with E-state index in [1.54, 1.807) is 0 Å². The average Bonchev–Trinajstić information content (AvgIpc) is 3.05. The molecular weight excluding hydrogens is 342 g/mol. The molecule has 1 N–H and O–H groups in total. The van der Waals surface area contributed by atoms with Crippen molar-refractivity contribution in [3.63, 3.8) is 0 Å². The van der Waals surface area contributed by atoms with E-state index in [2.05, 4.69) is 50.2 Å². The van der Waals surface area contributed by atoms with Gasteiger partial charge in [-0.1, -0.05) is 60.7 Å². The highest BCUT2D eigenvalue weighted by atomic mass is 32.1. The molecule has 1 aliphatic heterocycles. The molecule has 2 heterocycles. The normalized spacial score (nSPS) is 16.0. The van der Waals surface area contributed by atoms with Crippen LogP contribution in [0.2, 0.25) is 0 Å². The lowest BCUT2D eigenvalue weighted by atomic mass is 10.2. The molecule has 0 atom stereocenters. The van der Waals surface area contributed by atoms with Gasteiger partial charge in [0.05, 0.1) is 6.67 Å². The molecule has 0 unspecified atom stereocenters. The molecule has 3 aromatic rings. The van der Waals surface area contributed by atoms with Crippen molar-refractivity contribution in [1.29, 1.82) is 0 Å². The second-order valence-corrected chi connectivity index (χ2v) is 7.04. The summed E-state index contributed by atoms with van der Waals surface area (Å²) < 4.78 is 2.57. The topological polar surface area (TPSA) is 40.1 Å². The van der Waals surface area contributed by atoms with Gasteiger partial charge >= 0.3 is 0 Å². The van der Waals surface area contributed by atoms with Crippen LogP contribution in [0.15, 0.2) is 60.7 Å². The summed E-state index contributed by atoms with van der Waals surface area (Å²) in [5, 5.41) is 3.34. The number of H-pyrrole nitrogens is 1. The number of hydrogen-bond acceptors (Lipinski definition) is 4. The van der Waals surface area contributed by atoms with Crippen LogP contribution in [-0.2, 0) is 13.2 Å². The fraction of sp³-hybridized carbons (Fsp3) is 0.300. The average molecular weight is 366 g/mol. The predicted molar refractivity (Wildman–Crippen MR) is 106 cm³/mol. The maximum Gasteiger partial charge on any atom is 0.217 e. The molecule has 2 aromatic carbocycles. The van der Waals surface area contributed by atoms with Crippen molar-refractivity contribution >= 4 is 12.2 Å². The van der Waals surface area contributed by atoms with Gasteiger partial charge in [0.15, 0.2) is 5.82 Å². The standard InChI is InChI=1S/C20H23N5S/c26-20-21-19(18-9-5-2-6-10-18)22-25(20)16-24-13-11-23(12-14-24)15-17-7-3-1-4-8-17/h1-10H,11-16H2,(H,21,22,26). The summed E-state index contributed by atoms with van der Waals surface area (Å²) in [6.07, 6.45) is 0. The Hall–Kier alpha value is -2.28. The molecule has 0 spiro atoms. The first kappa shape index (κ1) is 17.1. The second-order valence-electron chi connectivity index (χ2n) is 6.67. The molecule has 0 amide bonds. The van der Waals surface area contributed by atoms with Gasteiger partial charge in [-0.2, -0.15) is 4.98 Å². The van der Waals surface area contributed by atoms with Crippen molar-refractivity contribution in [2.75, 3.05) is 26.2 Å². The van der Waals surface area contributed by atoms with Gasteiger partial charge in [-0.3, -0.25) is 14.9 Å². The maximum atomic E-state index is 5.43. The highest BCUT2D eigenvalue weighted by molar-refractivity contribution is 7.71. The lowest BCUT2D eigenvalue weighted by molar-refractivity contribution is 0.0982. The zero-order chi connectivity index (χ0) is 17.8. The van der Waals surface area contributed by atoms with Crippen molar-refractivity contribution in [1.82, 2.24) is 24.6 Å². The van der Waals surface area contributed by atoms with Crippen LogP contribution >= 0.6 is 12.2 Å². The van der Waals surface area contributed by atoms with Gasteiger partial charge < -0.3 is 0 Å². The first-order valence-corrected chi connectivity index (χ1v) is 9.40. The van der Waals surface area contributed by atoms with Crippen LogP contribution < -0.4 is 0 Å². The van der Waals surface area contributed by atoms with Crippen LogP contribution in [-0.4, -0.2) is 50.7 Å². The number of rotatable bonds is 5. The number of nitrogens with one attached hydrogen (secondary N) is 1. The summed E-state index contributed by atoms with van der Waals surface area (Å²) >= 11 is 5.43. The minimum atomic E-state index is 0.607. The first-order valence-electron chi connectivity index (χ1n) is 8.99. The van der Waals surface area contributed by atoms with Crippen LogP contribution in [0, 0.1) is 4.77 Å². The van der Waals surface area contributed by atoms with Gasteiger partial charge in [0, 0.05) is 38.3 Å². The molecular formula is C20H23N5S. The first-order chi connectivity index (χ1) is 12.8. The zero-order valence-corrected chi connectivity index (χ0v) is 15.5. The summed E-state index contributed by atoms with van der Waals surface area (Å²) in [6.45, 7) is 6.00. The summed E-state index contributed by atoms with van der Waals surface area (Å²) in [5.74, 6) is 0.832. The smallest absolute Gasteiger partial charge is 0.217 e. The molecule has 6 heteroatoms. The van der Waals surface area contributed by atoms with E-state index in [1.807, 2.05) is 35.0 Å². The maximum absolute atomic E-state index is 5.43. The van der Waals surface area contributed by atoms with E-state index in [0.29, 0.717) is 4.77 Å². The van der Waals surface area contributed by atoms with Crippen LogP contribution in [0.3, 0.4) is 0 Å². The summed E-state index contributed by atoms with van der Waals surface area (Å²) in [6, 6.07) is 20.8. The van der Waals surface area contributed by atoms with E-state index >= 15 is 0 Å². The minimum absolute atomic E-state index is 0.607. The number of nitrogens with zero attached hydrogens (tertiary/aromatic N) is 4. The number of hydrogen-bond donors (Lipinski definition) is 1. The largest absolute Gasteiger partial charge is 0.297 e. The lowest BCUT2D eigenvalue weighted by Crippen LogP contribution is -2.46. The monoisotopic (exact) mass is 365 g/mol. The van der Waals surface area contributed by atoms with E-state index in [-0.39, 0.29) is 0 Å². The van der Waals surface area contributed by atoms with Gasteiger partial charge in [-0.15, -0.1) is 0 Å². The number of benzene rings is 2.